The van der Waals surface area contributed by atoms with E-state index in [0.717, 1.165) is 29.6 Å². The first kappa shape index (κ1) is 15.9. The average molecular weight is 338 g/mol. The van der Waals surface area contributed by atoms with Crippen LogP contribution in [-0.4, -0.2) is 27.2 Å². The van der Waals surface area contributed by atoms with Crippen LogP contribution in [0.2, 0.25) is 0 Å². The molecule has 4 rings (SSSR count). The first-order valence-corrected chi connectivity index (χ1v) is 8.87. The number of para-hydroxylation sites is 1. The topological polar surface area (TPSA) is 73.0 Å². The molecule has 2 heterocycles. The molecule has 6 heteroatoms. The molecule has 0 unspecified atom stereocenters. The first-order valence-electron chi connectivity index (χ1n) is 8.87. The molecule has 0 bridgehead atoms. The van der Waals surface area contributed by atoms with E-state index in [1.165, 1.54) is 12.8 Å². The summed E-state index contributed by atoms with van der Waals surface area (Å²) in [7, 11) is 1.95. The van der Waals surface area contributed by atoms with E-state index in [0.29, 0.717) is 30.3 Å². The van der Waals surface area contributed by atoms with Crippen molar-refractivity contribution in [2.24, 2.45) is 7.05 Å². The monoisotopic (exact) mass is 338 g/mol. The van der Waals surface area contributed by atoms with Crippen molar-refractivity contribution >= 4 is 16.8 Å². The summed E-state index contributed by atoms with van der Waals surface area (Å²) in [6.45, 7) is 0.492. The predicted molar refractivity (Wildman–Crippen MR) is 94.5 cm³/mol. The molecule has 2 aromatic heterocycles. The van der Waals surface area contributed by atoms with Gasteiger partial charge in [-0.25, -0.2) is 0 Å². The predicted octanol–water partition coefficient (Wildman–Crippen LogP) is 3.19. The lowest BCUT2D eigenvalue weighted by atomic mass is 10.1. The Hall–Kier alpha value is -2.63. The van der Waals surface area contributed by atoms with Crippen molar-refractivity contribution in [3.8, 4) is 0 Å². The van der Waals surface area contributed by atoms with Gasteiger partial charge in [0, 0.05) is 43.0 Å². The van der Waals surface area contributed by atoms with E-state index >= 15 is 0 Å². The standard InChI is InChI=1S/C19H22N4O2/c1-23-12-15(14-8-4-5-9-16(14)23)18(24)20-11-10-17-21-19(25-22-17)13-6-2-3-7-13/h4-5,8-9,12-13H,2-3,6-7,10-11H2,1H3,(H,20,24). The van der Waals surface area contributed by atoms with Gasteiger partial charge in [0.1, 0.15) is 0 Å². The summed E-state index contributed by atoms with van der Waals surface area (Å²) in [6, 6.07) is 7.90. The van der Waals surface area contributed by atoms with E-state index in [9.17, 15) is 4.79 Å². The number of aryl methyl sites for hydroxylation is 1. The average Bonchev–Trinajstić information content (AvgIpc) is 3.35. The highest BCUT2D eigenvalue weighted by Gasteiger charge is 2.23. The molecule has 0 saturated heterocycles. The number of fused-ring (bicyclic) bond motifs is 1. The van der Waals surface area contributed by atoms with Crippen LogP contribution in [0.5, 0.6) is 0 Å². The maximum absolute atomic E-state index is 12.5. The highest BCUT2D eigenvalue weighted by atomic mass is 16.5. The Morgan fingerprint density at radius 2 is 2.12 bits per heavy atom. The highest BCUT2D eigenvalue weighted by Crippen LogP contribution is 2.32. The largest absolute Gasteiger partial charge is 0.352 e. The van der Waals surface area contributed by atoms with Gasteiger partial charge in [-0.1, -0.05) is 36.2 Å². The zero-order valence-electron chi connectivity index (χ0n) is 14.4. The Morgan fingerprint density at radius 1 is 1.32 bits per heavy atom. The number of nitrogens with zero attached hydrogens (tertiary/aromatic N) is 3. The number of hydrogen-bond donors (Lipinski definition) is 1. The van der Waals surface area contributed by atoms with Crippen molar-refractivity contribution in [2.45, 2.75) is 38.0 Å². The van der Waals surface area contributed by atoms with Gasteiger partial charge in [-0.15, -0.1) is 0 Å². The Morgan fingerprint density at radius 3 is 2.96 bits per heavy atom. The maximum atomic E-state index is 12.5. The summed E-state index contributed by atoms with van der Waals surface area (Å²) >= 11 is 0. The molecule has 130 valence electrons. The lowest BCUT2D eigenvalue weighted by Gasteiger charge is -2.02. The molecule has 3 aromatic rings. The van der Waals surface area contributed by atoms with Crippen molar-refractivity contribution in [3.63, 3.8) is 0 Å². The molecular formula is C19H22N4O2. The van der Waals surface area contributed by atoms with Crippen molar-refractivity contribution in [2.75, 3.05) is 6.54 Å². The van der Waals surface area contributed by atoms with Gasteiger partial charge in [-0.2, -0.15) is 4.98 Å². The van der Waals surface area contributed by atoms with Gasteiger partial charge in [-0.3, -0.25) is 4.79 Å². The number of nitrogens with one attached hydrogen (secondary N) is 1. The summed E-state index contributed by atoms with van der Waals surface area (Å²) in [6.07, 6.45) is 7.20. The molecule has 1 aliphatic carbocycles. The second-order valence-corrected chi connectivity index (χ2v) is 6.71. The van der Waals surface area contributed by atoms with E-state index < -0.39 is 0 Å². The second-order valence-electron chi connectivity index (χ2n) is 6.71. The van der Waals surface area contributed by atoms with E-state index in [-0.39, 0.29) is 5.91 Å². The quantitative estimate of drug-likeness (QED) is 0.775. The summed E-state index contributed by atoms with van der Waals surface area (Å²) in [4.78, 5) is 17.0. The number of amides is 1. The lowest BCUT2D eigenvalue weighted by Crippen LogP contribution is -2.25. The summed E-state index contributed by atoms with van der Waals surface area (Å²) in [5, 5.41) is 7.96. The molecule has 25 heavy (non-hydrogen) atoms. The Kier molecular flexibility index (Phi) is 4.26. The van der Waals surface area contributed by atoms with Crippen LogP contribution in [0.1, 0.15) is 53.7 Å². The number of hydrogen-bond acceptors (Lipinski definition) is 4. The van der Waals surface area contributed by atoms with Crippen LogP contribution < -0.4 is 5.32 Å². The number of aromatic nitrogens is 3. The molecule has 6 nitrogen and oxygen atoms in total. The smallest absolute Gasteiger partial charge is 0.253 e. The van der Waals surface area contributed by atoms with Crippen LogP contribution in [0, 0.1) is 0 Å². The van der Waals surface area contributed by atoms with Gasteiger partial charge in [0.2, 0.25) is 5.89 Å². The molecule has 1 amide bonds. The molecule has 0 radical (unpaired) electrons. The molecular weight excluding hydrogens is 316 g/mol. The second kappa shape index (κ2) is 6.70. The molecule has 1 aromatic carbocycles. The Bertz CT molecular complexity index is 890. The molecule has 1 saturated carbocycles. The highest BCUT2D eigenvalue weighted by molar-refractivity contribution is 6.06. The van der Waals surface area contributed by atoms with Crippen molar-refractivity contribution in [3.05, 3.63) is 47.7 Å². The fraction of sp³-hybridized carbons (Fsp3) is 0.421. The van der Waals surface area contributed by atoms with Crippen molar-refractivity contribution in [1.82, 2.24) is 20.0 Å². The first-order chi connectivity index (χ1) is 12.2. The number of rotatable bonds is 5. The summed E-state index contributed by atoms with van der Waals surface area (Å²) < 4.78 is 7.34. The van der Waals surface area contributed by atoms with E-state index in [1.54, 1.807) is 0 Å². The minimum absolute atomic E-state index is 0.0729. The lowest BCUT2D eigenvalue weighted by molar-refractivity contribution is 0.0955. The molecule has 1 fully saturated rings. The van der Waals surface area contributed by atoms with Gasteiger partial charge >= 0.3 is 0 Å². The van der Waals surface area contributed by atoms with Crippen LogP contribution in [0.3, 0.4) is 0 Å². The third kappa shape index (κ3) is 3.16. The van der Waals surface area contributed by atoms with E-state index in [1.807, 2.05) is 42.1 Å². The zero-order valence-corrected chi connectivity index (χ0v) is 14.4. The SMILES string of the molecule is Cn1cc(C(=O)NCCc2noc(C3CCCC3)n2)c2ccccc21. The van der Waals surface area contributed by atoms with E-state index in [4.69, 9.17) is 4.52 Å². The van der Waals surface area contributed by atoms with Gasteiger partial charge in [0.25, 0.3) is 5.91 Å². The van der Waals surface area contributed by atoms with Crippen molar-refractivity contribution in [1.29, 1.82) is 0 Å². The molecule has 0 aliphatic heterocycles. The third-order valence-corrected chi connectivity index (χ3v) is 4.96. The summed E-state index contributed by atoms with van der Waals surface area (Å²) in [5.41, 5.74) is 1.74. The minimum Gasteiger partial charge on any atom is -0.352 e. The zero-order chi connectivity index (χ0) is 17.2. The van der Waals surface area contributed by atoms with Crippen LogP contribution in [0.25, 0.3) is 10.9 Å². The normalized spacial score (nSPS) is 15.1. The fourth-order valence-corrected chi connectivity index (χ4v) is 3.61. The third-order valence-electron chi connectivity index (χ3n) is 4.96. The van der Waals surface area contributed by atoms with Gasteiger partial charge in [-0.05, 0) is 18.9 Å². The van der Waals surface area contributed by atoms with E-state index in [2.05, 4.69) is 15.5 Å². The Balaban J connectivity index is 1.37. The van der Waals surface area contributed by atoms with Crippen molar-refractivity contribution < 1.29 is 9.32 Å². The van der Waals surface area contributed by atoms with Gasteiger partial charge in [0.15, 0.2) is 5.82 Å². The number of carbonyl (C=O) groups is 1. The number of carbonyl (C=O) groups excluding carboxylic acids is 1. The summed E-state index contributed by atoms with van der Waals surface area (Å²) in [5.74, 6) is 1.77. The van der Waals surface area contributed by atoms with Crippen LogP contribution in [0.4, 0.5) is 0 Å². The minimum atomic E-state index is -0.0729. The van der Waals surface area contributed by atoms with Crippen LogP contribution in [-0.2, 0) is 13.5 Å². The van der Waals surface area contributed by atoms with Crippen LogP contribution >= 0.6 is 0 Å². The Labute approximate surface area is 146 Å². The number of benzene rings is 1. The van der Waals surface area contributed by atoms with Crippen LogP contribution in [0.15, 0.2) is 35.0 Å². The van der Waals surface area contributed by atoms with Gasteiger partial charge in [0.05, 0.1) is 5.56 Å². The molecule has 1 aliphatic rings. The maximum Gasteiger partial charge on any atom is 0.253 e. The molecule has 0 spiro atoms. The molecule has 0 atom stereocenters. The van der Waals surface area contributed by atoms with Gasteiger partial charge < -0.3 is 14.4 Å². The fourth-order valence-electron chi connectivity index (χ4n) is 3.61. The molecule has 1 N–H and O–H groups in total.